The molecule has 0 atom stereocenters. The Balaban J connectivity index is 2.51. The van der Waals surface area contributed by atoms with E-state index in [1.807, 2.05) is 18.2 Å². The van der Waals surface area contributed by atoms with Gasteiger partial charge in [-0.2, -0.15) is 0 Å². The first kappa shape index (κ1) is 9.32. The van der Waals surface area contributed by atoms with Gasteiger partial charge in [0.05, 0.1) is 0 Å². The van der Waals surface area contributed by atoms with Gasteiger partial charge in [-0.15, -0.1) is 0 Å². The highest BCUT2D eigenvalue weighted by atomic mass is 16.3. The molecule has 0 bridgehead atoms. The number of benzene rings is 1. The Kier molecular flexibility index (Phi) is 2.32. The van der Waals surface area contributed by atoms with Gasteiger partial charge in [-0.3, -0.25) is 0 Å². The molecule has 0 amide bonds. The van der Waals surface area contributed by atoms with Gasteiger partial charge in [0.15, 0.2) is 0 Å². The molecule has 0 fully saturated rings. The fraction of sp³-hybridized carbons (Fsp3) is 0.385. The van der Waals surface area contributed by atoms with E-state index in [1.165, 1.54) is 11.1 Å². The van der Waals surface area contributed by atoms with Crippen molar-refractivity contribution in [3.8, 4) is 0 Å². The number of hydrogen-bond donors (Lipinski definition) is 1. The van der Waals surface area contributed by atoms with Gasteiger partial charge in [0.1, 0.15) is 5.76 Å². The maximum atomic E-state index is 10.1. The van der Waals surface area contributed by atoms with E-state index < -0.39 is 0 Å². The Hall–Kier alpha value is -1.24. The Labute approximate surface area is 85.1 Å². The number of allylic oxidation sites excluding steroid dienone is 1. The lowest BCUT2D eigenvalue weighted by Gasteiger charge is -2.21. The number of rotatable bonds is 1. The van der Waals surface area contributed by atoms with Gasteiger partial charge < -0.3 is 5.11 Å². The summed E-state index contributed by atoms with van der Waals surface area (Å²) in [6.07, 6.45) is 2.06. The van der Waals surface area contributed by atoms with Crippen molar-refractivity contribution < 1.29 is 5.11 Å². The van der Waals surface area contributed by atoms with Crippen LogP contribution < -0.4 is 0 Å². The molecule has 1 aliphatic carbocycles. The normalized spacial score (nSPS) is 15.9. The topological polar surface area (TPSA) is 20.2 Å². The molecule has 1 aliphatic rings. The van der Waals surface area contributed by atoms with E-state index in [4.69, 9.17) is 0 Å². The summed E-state index contributed by atoms with van der Waals surface area (Å²) in [5.41, 5.74) is 3.50. The Morgan fingerprint density at radius 2 is 1.86 bits per heavy atom. The summed E-state index contributed by atoms with van der Waals surface area (Å²) in [6.45, 7) is 4.28. The molecule has 1 heteroatoms. The van der Waals surface area contributed by atoms with Crippen LogP contribution in [0.1, 0.15) is 31.4 Å². The van der Waals surface area contributed by atoms with Crippen molar-refractivity contribution in [1.82, 2.24) is 0 Å². The number of aryl methyl sites for hydroxylation is 1. The van der Waals surface area contributed by atoms with Gasteiger partial charge >= 0.3 is 0 Å². The molecule has 0 saturated heterocycles. The molecule has 2 rings (SSSR count). The average molecular weight is 188 g/mol. The van der Waals surface area contributed by atoms with Crippen LogP contribution in [-0.2, 0) is 6.42 Å². The Morgan fingerprint density at radius 1 is 1.14 bits per heavy atom. The van der Waals surface area contributed by atoms with Gasteiger partial charge in [-0.05, 0) is 29.9 Å². The standard InChI is InChI=1S/C13H16O/c1-9(2)11-8-7-10-5-3-4-6-12(10)13(11)14/h3-6,9,14H,7-8H2,1-2H3. The summed E-state index contributed by atoms with van der Waals surface area (Å²) >= 11 is 0. The van der Waals surface area contributed by atoms with E-state index in [0.29, 0.717) is 11.7 Å². The molecule has 0 unspecified atom stereocenters. The first-order valence-corrected chi connectivity index (χ1v) is 5.20. The van der Waals surface area contributed by atoms with E-state index in [1.54, 1.807) is 0 Å². The van der Waals surface area contributed by atoms with E-state index >= 15 is 0 Å². The maximum absolute atomic E-state index is 10.1. The fourth-order valence-corrected chi connectivity index (χ4v) is 2.09. The van der Waals surface area contributed by atoms with Gasteiger partial charge in [0, 0.05) is 5.56 Å². The van der Waals surface area contributed by atoms with E-state index in [0.717, 1.165) is 18.4 Å². The Morgan fingerprint density at radius 3 is 2.57 bits per heavy atom. The lowest BCUT2D eigenvalue weighted by molar-refractivity contribution is 0.486. The van der Waals surface area contributed by atoms with Crippen LogP contribution in [0.5, 0.6) is 0 Å². The molecule has 0 aliphatic heterocycles. The third kappa shape index (κ3) is 1.43. The highest BCUT2D eigenvalue weighted by Crippen LogP contribution is 2.32. The molecule has 0 heterocycles. The van der Waals surface area contributed by atoms with Crippen molar-refractivity contribution in [1.29, 1.82) is 0 Å². The smallest absolute Gasteiger partial charge is 0.122 e. The molecule has 0 aromatic heterocycles. The minimum atomic E-state index is 0.448. The summed E-state index contributed by atoms with van der Waals surface area (Å²) in [7, 11) is 0. The minimum absolute atomic E-state index is 0.448. The first-order chi connectivity index (χ1) is 6.70. The zero-order valence-electron chi connectivity index (χ0n) is 8.75. The van der Waals surface area contributed by atoms with E-state index in [9.17, 15) is 5.11 Å². The maximum Gasteiger partial charge on any atom is 0.122 e. The van der Waals surface area contributed by atoms with Crippen LogP contribution in [0.2, 0.25) is 0 Å². The van der Waals surface area contributed by atoms with Gasteiger partial charge in [0.2, 0.25) is 0 Å². The quantitative estimate of drug-likeness (QED) is 0.714. The minimum Gasteiger partial charge on any atom is -0.507 e. The van der Waals surface area contributed by atoms with Crippen molar-refractivity contribution in [3.05, 3.63) is 41.0 Å². The first-order valence-electron chi connectivity index (χ1n) is 5.20. The van der Waals surface area contributed by atoms with Crippen LogP contribution in [0.25, 0.3) is 5.76 Å². The van der Waals surface area contributed by atoms with Crippen molar-refractivity contribution in [2.24, 2.45) is 5.92 Å². The van der Waals surface area contributed by atoms with Crippen molar-refractivity contribution in [3.63, 3.8) is 0 Å². The molecule has 1 nitrogen and oxygen atoms in total. The summed E-state index contributed by atoms with van der Waals surface area (Å²) in [4.78, 5) is 0. The predicted molar refractivity (Wildman–Crippen MR) is 59.1 cm³/mol. The molecular formula is C13H16O. The summed E-state index contributed by atoms with van der Waals surface area (Å²) in [5.74, 6) is 0.963. The zero-order valence-corrected chi connectivity index (χ0v) is 8.75. The summed E-state index contributed by atoms with van der Waals surface area (Å²) in [5, 5.41) is 10.1. The molecule has 14 heavy (non-hydrogen) atoms. The Bertz CT molecular complexity index is 375. The molecule has 1 aromatic rings. The molecule has 74 valence electrons. The summed E-state index contributed by atoms with van der Waals surface area (Å²) < 4.78 is 0. The van der Waals surface area contributed by atoms with Crippen LogP contribution in [0, 0.1) is 5.92 Å². The predicted octanol–water partition coefficient (Wildman–Crippen LogP) is 3.56. The van der Waals surface area contributed by atoms with E-state index in [2.05, 4.69) is 19.9 Å². The van der Waals surface area contributed by atoms with Crippen LogP contribution in [0.15, 0.2) is 29.8 Å². The monoisotopic (exact) mass is 188 g/mol. The van der Waals surface area contributed by atoms with Crippen LogP contribution in [-0.4, -0.2) is 5.11 Å². The molecule has 0 saturated carbocycles. The van der Waals surface area contributed by atoms with Gasteiger partial charge in [-0.25, -0.2) is 0 Å². The number of fused-ring (bicyclic) bond motifs is 1. The largest absolute Gasteiger partial charge is 0.507 e. The molecule has 0 spiro atoms. The molecular weight excluding hydrogens is 172 g/mol. The SMILES string of the molecule is CC(C)C1=C(O)c2ccccc2CC1. The lowest BCUT2D eigenvalue weighted by Crippen LogP contribution is -2.08. The highest BCUT2D eigenvalue weighted by molar-refractivity contribution is 5.67. The number of aliphatic hydroxyl groups excluding tert-OH is 1. The second kappa shape index (κ2) is 3.49. The van der Waals surface area contributed by atoms with E-state index in [-0.39, 0.29) is 0 Å². The molecule has 1 N–H and O–H groups in total. The van der Waals surface area contributed by atoms with Crippen molar-refractivity contribution in [2.75, 3.05) is 0 Å². The van der Waals surface area contributed by atoms with Crippen molar-refractivity contribution >= 4 is 5.76 Å². The van der Waals surface area contributed by atoms with Gasteiger partial charge in [0.25, 0.3) is 0 Å². The van der Waals surface area contributed by atoms with Crippen molar-refractivity contribution in [2.45, 2.75) is 26.7 Å². The average Bonchev–Trinajstić information content (AvgIpc) is 2.18. The number of hydrogen-bond acceptors (Lipinski definition) is 1. The van der Waals surface area contributed by atoms with Crippen LogP contribution in [0.4, 0.5) is 0 Å². The second-order valence-corrected chi connectivity index (χ2v) is 4.19. The fourth-order valence-electron chi connectivity index (χ4n) is 2.09. The second-order valence-electron chi connectivity index (χ2n) is 4.19. The molecule has 1 aromatic carbocycles. The number of aliphatic hydroxyl groups is 1. The highest BCUT2D eigenvalue weighted by Gasteiger charge is 2.19. The third-order valence-corrected chi connectivity index (χ3v) is 2.94. The third-order valence-electron chi connectivity index (χ3n) is 2.94. The van der Waals surface area contributed by atoms with Crippen LogP contribution in [0.3, 0.4) is 0 Å². The molecule has 0 radical (unpaired) electrons. The van der Waals surface area contributed by atoms with Crippen LogP contribution >= 0.6 is 0 Å². The summed E-state index contributed by atoms with van der Waals surface area (Å²) in [6, 6.07) is 8.12. The zero-order chi connectivity index (χ0) is 10.1. The lowest BCUT2D eigenvalue weighted by atomic mass is 9.86. The van der Waals surface area contributed by atoms with Gasteiger partial charge in [-0.1, -0.05) is 38.1 Å².